The summed E-state index contributed by atoms with van der Waals surface area (Å²) in [5.74, 6) is -0.328. The van der Waals surface area contributed by atoms with E-state index >= 15 is 0 Å². The van der Waals surface area contributed by atoms with E-state index in [1.54, 1.807) is 0 Å². The van der Waals surface area contributed by atoms with Gasteiger partial charge in [-0.15, -0.1) is 0 Å². The summed E-state index contributed by atoms with van der Waals surface area (Å²) in [6.45, 7) is 5.64. The van der Waals surface area contributed by atoms with Crippen molar-refractivity contribution in [1.29, 1.82) is 0 Å². The summed E-state index contributed by atoms with van der Waals surface area (Å²) in [5.41, 5.74) is 5.42. The van der Waals surface area contributed by atoms with E-state index in [1.807, 2.05) is 81.1 Å². The number of aryl methyl sites for hydroxylation is 1. The minimum absolute atomic E-state index is 0.235. The Morgan fingerprint density at radius 2 is 1.81 bits per heavy atom. The van der Waals surface area contributed by atoms with Gasteiger partial charge in [0.25, 0.3) is 0 Å². The Labute approximate surface area is 258 Å². The van der Waals surface area contributed by atoms with Crippen LogP contribution in [0.25, 0.3) is 23.1 Å². The summed E-state index contributed by atoms with van der Waals surface area (Å²) in [7, 11) is 0. The lowest BCUT2D eigenvalue weighted by molar-refractivity contribution is -0.138. The van der Waals surface area contributed by atoms with E-state index in [9.17, 15) is 15.0 Å². The topological polar surface area (TPSA) is 70.4 Å². The van der Waals surface area contributed by atoms with Crippen LogP contribution in [0.2, 0.25) is 5.02 Å². The van der Waals surface area contributed by atoms with Gasteiger partial charge in [-0.1, -0.05) is 85.3 Å². The molecule has 1 unspecified atom stereocenters. The van der Waals surface area contributed by atoms with E-state index in [-0.39, 0.29) is 5.25 Å². The van der Waals surface area contributed by atoms with Crippen molar-refractivity contribution in [2.75, 3.05) is 5.75 Å². The Hall–Kier alpha value is -3.12. The third-order valence-corrected chi connectivity index (χ3v) is 9.14. The molecule has 0 aliphatic rings. The van der Waals surface area contributed by atoms with Crippen molar-refractivity contribution >= 4 is 52.4 Å². The van der Waals surface area contributed by atoms with E-state index in [1.165, 1.54) is 5.56 Å². The van der Waals surface area contributed by atoms with Crippen LogP contribution >= 0.6 is 23.4 Å². The minimum atomic E-state index is -0.772. The highest BCUT2D eigenvalue weighted by Crippen LogP contribution is 2.36. The molecule has 0 amide bonds. The van der Waals surface area contributed by atoms with Crippen molar-refractivity contribution in [1.82, 2.24) is 4.98 Å². The lowest BCUT2D eigenvalue weighted by Crippen LogP contribution is -2.18. The van der Waals surface area contributed by atoms with Crippen LogP contribution in [-0.4, -0.2) is 32.5 Å². The fraction of sp³-hybridized carbons (Fsp3) is 0.333. The van der Waals surface area contributed by atoms with Crippen LogP contribution in [0, 0.1) is 0 Å². The highest BCUT2D eigenvalue weighted by molar-refractivity contribution is 7.99. The number of carboxylic acid groups (broad SMARTS) is 1. The highest BCUT2D eigenvalue weighted by Gasteiger charge is 2.22. The number of carbonyl (C=O) groups is 1. The summed E-state index contributed by atoms with van der Waals surface area (Å²) in [6, 6.07) is 26.4. The number of aliphatic carboxylic acids is 1. The molecule has 0 bridgehead atoms. The molecule has 1 heterocycles. The second-order valence-corrected chi connectivity index (χ2v) is 13.1. The standard InChI is InChI=1S/C36H40ClNO3S/c1-4-31(35(39)40)32-12-6-5-10-26(32)16-20-34(42-22-8-21-36(2,3)41)28-11-7-9-25(23-28)13-18-30-19-15-27-14-17-29(37)24-33(27)38-30/h5-7,9-15,17-19,23-24,31,34,41H,4,8,16,20-22H2,1-3H3,(H,39,40)/b18-13+/t31?,34-/m0/s1. The van der Waals surface area contributed by atoms with Crippen molar-refractivity contribution in [3.63, 3.8) is 0 Å². The molecule has 0 saturated heterocycles. The van der Waals surface area contributed by atoms with Gasteiger partial charge < -0.3 is 10.2 Å². The van der Waals surface area contributed by atoms with Crippen LogP contribution in [0.15, 0.2) is 78.9 Å². The van der Waals surface area contributed by atoms with Gasteiger partial charge in [0.15, 0.2) is 0 Å². The second kappa shape index (κ2) is 14.9. The molecule has 0 aliphatic heterocycles. The van der Waals surface area contributed by atoms with Crippen molar-refractivity contribution in [2.45, 2.75) is 69.6 Å². The molecule has 6 heteroatoms. The Morgan fingerprint density at radius 3 is 2.57 bits per heavy atom. The summed E-state index contributed by atoms with van der Waals surface area (Å²) in [6.07, 6.45) is 8.04. The molecule has 4 aromatic rings. The third-order valence-electron chi connectivity index (χ3n) is 7.47. The predicted octanol–water partition coefficient (Wildman–Crippen LogP) is 9.59. The van der Waals surface area contributed by atoms with Crippen molar-refractivity contribution in [2.24, 2.45) is 0 Å². The van der Waals surface area contributed by atoms with Crippen LogP contribution in [0.4, 0.5) is 0 Å². The van der Waals surface area contributed by atoms with Crippen molar-refractivity contribution in [3.8, 4) is 0 Å². The number of rotatable bonds is 14. The predicted molar refractivity (Wildman–Crippen MR) is 178 cm³/mol. The van der Waals surface area contributed by atoms with Crippen LogP contribution < -0.4 is 0 Å². The van der Waals surface area contributed by atoms with Gasteiger partial charge in [0.1, 0.15) is 0 Å². The van der Waals surface area contributed by atoms with Crippen LogP contribution in [-0.2, 0) is 11.2 Å². The molecule has 2 atom stereocenters. The van der Waals surface area contributed by atoms with Gasteiger partial charge in [0, 0.05) is 15.7 Å². The fourth-order valence-corrected chi connectivity index (χ4v) is 6.62. The number of hydrogen-bond acceptors (Lipinski definition) is 4. The first-order chi connectivity index (χ1) is 20.1. The lowest BCUT2D eigenvalue weighted by Gasteiger charge is -2.21. The van der Waals surface area contributed by atoms with Crippen molar-refractivity contribution < 1.29 is 15.0 Å². The number of aromatic nitrogens is 1. The number of benzene rings is 3. The first-order valence-electron chi connectivity index (χ1n) is 14.6. The number of halogens is 1. The zero-order valence-corrected chi connectivity index (χ0v) is 26.2. The Morgan fingerprint density at radius 1 is 1.02 bits per heavy atom. The van der Waals surface area contributed by atoms with E-state index in [0.29, 0.717) is 11.4 Å². The maximum Gasteiger partial charge on any atom is 0.310 e. The van der Waals surface area contributed by atoms with Gasteiger partial charge in [0.2, 0.25) is 0 Å². The lowest BCUT2D eigenvalue weighted by atomic mass is 9.89. The molecule has 0 spiro atoms. The first-order valence-corrected chi connectivity index (χ1v) is 16.0. The number of thioether (sulfide) groups is 1. The molecular weight excluding hydrogens is 562 g/mol. The summed E-state index contributed by atoms with van der Waals surface area (Å²) in [5, 5.41) is 22.0. The SMILES string of the molecule is CCC(C(=O)O)c1ccccc1CC[C@H](SCCCC(C)(C)O)c1cccc(/C=C/c2ccc3ccc(Cl)cc3n2)c1. The molecule has 2 N–H and O–H groups in total. The first kappa shape index (κ1) is 31.8. The number of fused-ring (bicyclic) bond motifs is 1. The Kier molecular flexibility index (Phi) is 11.3. The van der Waals surface area contributed by atoms with Gasteiger partial charge in [0.05, 0.1) is 22.7 Å². The molecule has 3 aromatic carbocycles. The molecule has 4 rings (SSSR count). The van der Waals surface area contributed by atoms with Crippen LogP contribution in [0.1, 0.15) is 85.6 Å². The molecule has 1 aromatic heterocycles. The monoisotopic (exact) mass is 601 g/mol. The largest absolute Gasteiger partial charge is 0.481 e. The van der Waals surface area contributed by atoms with Gasteiger partial charge in [-0.05, 0) is 98.2 Å². The average molecular weight is 602 g/mol. The molecule has 4 nitrogen and oxygen atoms in total. The number of pyridine rings is 1. The molecule has 0 saturated carbocycles. The minimum Gasteiger partial charge on any atom is -0.481 e. The maximum atomic E-state index is 11.9. The zero-order valence-electron chi connectivity index (χ0n) is 24.6. The van der Waals surface area contributed by atoms with Gasteiger partial charge in [-0.2, -0.15) is 11.8 Å². The summed E-state index contributed by atoms with van der Waals surface area (Å²) < 4.78 is 0. The summed E-state index contributed by atoms with van der Waals surface area (Å²) >= 11 is 8.08. The van der Waals surface area contributed by atoms with Gasteiger partial charge >= 0.3 is 5.97 Å². The number of aliphatic hydroxyl groups is 1. The second-order valence-electron chi connectivity index (χ2n) is 11.4. The third kappa shape index (κ3) is 9.19. The molecular formula is C36H40ClNO3S. The molecule has 0 aliphatic carbocycles. The molecule has 220 valence electrons. The van der Waals surface area contributed by atoms with E-state index in [0.717, 1.165) is 64.7 Å². The van der Waals surface area contributed by atoms with E-state index in [2.05, 4.69) is 42.5 Å². The van der Waals surface area contributed by atoms with Crippen LogP contribution in [0.5, 0.6) is 0 Å². The Bertz CT molecular complexity index is 1530. The number of nitrogens with zero attached hydrogens (tertiary/aromatic N) is 1. The number of hydrogen-bond donors (Lipinski definition) is 2. The molecule has 0 fully saturated rings. The molecule has 0 radical (unpaired) electrons. The summed E-state index contributed by atoms with van der Waals surface area (Å²) in [4.78, 5) is 16.7. The smallest absolute Gasteiger partial charge is 0.310 e. The van der Waals surface area contributed by atoms with Crippen molar-refractivity contribution in [3.05, 3.63) is 112 Å². The maximum absolute atomic E-state index is 11.9. The quantitative estimate of drug-likeness (QED) is 0.141. The molecule has 42 heavy (non-hydrogen) atoms. The normalized spacial score (nSPS) is 13.5. The van der Waals surface area contributed by atoms with Gasteiger partial charge in [-0.3, -0.25) is 4.79 Å². The zero-order chi connectivity index (χ0) is 30.1. The van der Waals surface area contributed by atoms with E-state index in [4.69, 9.17) is 16.6 Å². The number of carboxylic acids is 1. The van der Waals surface area contributed by atoms with Gasteiger partial charge in [-0.25, -0.2) is 4.98 Å². The van der Waals surface area contributed by atoms with E-state index < -0.39 is 17.5 Å². The Balaban J connectivity index is 1.54. The highest BCUT2D eigenvalue weighted by atomic mass is 35.5. The van der Waals surface area contributed by atoms with Crippen LogP contribution in [0.3, 0.4) is 0 Å². The fourth-order valence-electron chi connectivity index (χ4n) is 5.24. The average Bonchev–Trinajstić information content (AvgIpc) is 2.96.